The molecule has 7 heteroatoms. The summed E-state index contributed by atoms with van der Waals surface area (Å²) in [4.78, 5) is 38.1. The van der Waals surface area contributed by atoms with Gasteiger partial charge in [-0.15, -0.1) is 0 Å². The van der Waals surface area contributed by atoms with Crippen molar-refractivity contribution in [2.24, 2.45) is 0 Å². The Bertz CT molecular complexity index is 905. The zero-order valence-corrected chi connectivity index (χ0v) is 17.3. The van der Waals surface area contributed by atoms with Gasteiger partial charge < -0.3 is 9.80 Å². The molecule has 0 aromatic carbocycles. The highest BCUT2D eigenvalue weighted by Crippen LogP contribution is 2.44. The first-order chi connectivity index (χ1) is 14.5. The van der Waals surface area contributed by atoms with Crippen LogP contribution in [0.5, 0.6) is 0 Å². The van der Waals surface area contributed by atoms with E-state index in [1.165, 1.54) is 6.07 Å². The number of pyridine rings is 2. The number of carbonyl (C=O) groups is 2. The Balaban J connectivity index is 1.58. The summed E-state index contributed by atoms with van der Waals surface area (Å²) in [6.07, 6.45) is 8.60. The zero-order valence-electron chi connectivity index (χ0n) is 17.3. The van der Waals surface area contributed by atoms with Gasteiger partial charge in [-0.1, -0.05) is 6.92 Å². The SMILES string of the molecule is CC[C@@H]1N(C(=O)Cc2ccc(F)cn2)CCC[C@]12CCC(=O)N2Cc1ccncc1. The molecule has 2 aromatic heterocycles. The molecule has 0 bridgehead atoms. The highest BCUT2D eigenvalue weighted by molar-refractivity contribution is 5.82. The molecule has 2 amide bonds. The van der Waals surface area contributed by atoms with Crippen molar-refractivity contribution >= 4 is 11.8 Å². The maximum Gasteiger partial charge on any atom is 0.228 e. The molecule has 0 saturated carbocycles. The summed E-state index contributed by atoms with van der Waals surface area (Å²) in [7, 11) is 0. The number of hydrogen-bond acceptors (Lipinski definition) is 4. The summed E-state index contributed by atoms with van der Waals surface area (Å²) in [6.45, 7) is 3.30. The van der Waals surface area contributed by atoms with Gasteiger partial charge in [-0.25, -0.2) is 4.39 Å². The lowest BCUT2D eigenvalue weighted by atomic mass is 9.77. The van der Waals surface area contributed by atoms with Crippen molar-refractivity contribution in [1.29, 1.82) is 0 Å². The minimum atomic E-state index is -0.411. The van der Waals surface area contributed by atoms with Gasteiger partial charge >= 0.3 is 0 Å². The standard InChI is InChI=1S/C23H27FN4O2/c1-2-20-23(10-6-21(29)28(23)16-17-7-11-25-12-8-17)9-3-13-27(20)22(30)14-19-5-4-18(24)15-26-19/h4-5,7-8,11-12,15,20H,2-3,6,9-10,13-14,16H2,1H3/t20-,23-/m0/s1. The van der Waals surface area contributed by atoms with Crippen LogP contribution in [0.3, 0.4) is 0 Å². The summed E-state index contributed by atoms with van der Waals surface area (Å²) in [5.74, 6) is -0.270. The second-order valence-electron chi connectivity index (χ2n) is 8.20. The molecular formula is C23H27FN4O2. The largest absolute Gasteiger partial charge is 0.337 e. The van der Waals surface area contributed by atoms with E-state index in [0.717, 1.165) is 37.4 Å². The number of piperidine rings is 1. The monoisotopic (exact) mass is 410 g/mol. The Morgan fingerprint density at radius 2 is 2.03 bits per heavy atom. The summed E-state index contributed by atoms with van der Waals surface area (Å²) < 4.78 is 13.2. The zero-order chi connectivity index (χ0) is 21.1. The molecule has 2 aromatic rings. The molecule has 4 heterocycles. The van der Waals surface area contributed by atoms with Crippen molar-refractivity contribution < 1.29 is 14.0 Å². The van der Waals surface area contributed by atoms with Crippen LogP contribution in [-0.4, -0.2) is 49.7 Å². The van der Waals surface area contributed by atoms with Crippen LogP contribution in [-0.2, 0) is 22.6 Å². The van der Waals surface area contributed by atoms with E-state index in [2.05, 4.69) is 16.9 Å². The Morgan fingerprint density at radius 1 is 1.23 bits per heavy atom. The van der Waals surface area contributed by atoms with Crippen LogP contribution >= 0.6 is 0 Å². The Kier molecular flexibility index (Phi) is 5.79. The van der Waals surface area contributed by atoms with Crippen molar-refractivity contribution in [3.05, 3.63) is 59.9 Å². The lowest BCUT2D eigenvalue weighted by Crippen LogP contribution is -2.64. The van der Waals surface area contributed by atoms with Crippen LogP contribution < -0.4 is 0 Å². The number of likely N-dealkylation sites (tertiary alicyclic amines) is 2. The third kappa shape index (κ3) is 3.80. The minimum Gasteiger partial charge on any atom is -0.337 e. The van der Waals surface area contributed by atoms with Gasteiger partial charge in [0.1, 0.15) is 5.82 Å². The molecule has 0 unspecified atom stereocenters. The molecule has 6 nitrogen and oxygen atoms in total. The van der Waals surface area contributed by atoms with Crippen molar-refractivity contribution in [3.8, 4) is 0 Å². The molecule has 158 valence electrons. The van der Waals surface area contributed by atoms with Gasteiger partial charge in [0.05, 0.1) is 24.2 Å². The average molecular weight is 410 g/mol. The summed E-state index contributed by atoms with van der Waals surface area (Å²) >= 11 is 0. The maximum absolute atomic E-state index is 13.2. The number of carbonyl (C=O) groups excluding carboxylic acids is 2. The average Bonchev–Trinajstić information content (AvgIpc) is 3.06. The molecule has 0 radical (unpaired) electrons. The second-order valence-corrected chi connectivity index (χ2v) is 8.20. The van der Waals surface area contributed by atoms with Gasteiger partial charge in [0.25, 0.3) is 0 Å². The van der Waals surface area contributed by atoms with E-state index in [1.54, 1.807) is 18.5 Å². The van der Waals surface area contributed by atoms with E-state index < -0.39 is 5.82 Å². The lowest BCUT2D eigenvalue weighted by molar-refractivity contribution is -0.146. The highest BCUT2D eigenvalue weighted by atomic mass is 19.1. The Morgan fingerprint density at radius 3 is 2.73 bits per heavy atom. The summed E-state index contributed by atoms with van der Waals surface area (Å²) in [6, 6.07) is 6.73. The predicted octanol–water partition coefficient (Wildman–Crippen LogP) is 3.12. The van der Waals surface area contributed by atoms with Crippen molar-refractivity contribution in [3.63, 3.8) is 0 Å². The molecule has 4 rings (SSSR count). The molecular weight excluding hydrogens is 383 g/mol. The van der Waals surface area contributed by atoms with Crippen LogP contribution in [0, 0.1) is 5.82 Å². The van der Waals surface area contributed by atoms with Crippen molar-refractivity contribution in [2.45, 2.75) is 63.6 Å². The Labute approximate surface area is 176 Å². The van der Waals surface area contributed by atoms with Crippen LogP contribution in [0.15, 0.2) is 42.9 Å². The fraction of sp³-hybridized carbons (Fsp3) is 0.478. The molecule has 30 heavy (non-hydrogen) atoms. The number of hydrogen-bond donors (Lipinski definition) is 0. The van der Waals surface area contributed by atoms with Gasteiger partial charge in [0.15, 0.2) is 0 Å². The molecule has 2 fully saturated rings. The normalized spacial score (nSPS) is 23.9. The highest BCUT2D eigenvalue weighted by Gasteiger charge is 2.53. The molecule has 2 aliphatic heterocycles. The molecule has 2 aliphatic rings. The molecule has 1 spiro atoms. The van der Waals surface area contributed by atoms with E-state index in [0.29, 0.717) is 25.2 Å². The van der Waals surface area contributed by atoms with Gasteiger partial charge in [0, 0.05) is 37.6 Å². The van der Waals surface area contributed by atoms with Crippen LogP contribution in [0.2, 0.25) is 0 Å². The smallest absolute Gasteiger partial charge is 0.228 e. The van der Waals surface area contributed by atoms with E-state index in [9.17, 15) is 14.0 Å². The summed E-state index contributed by atoms with van der Waals surface area (Å²) in [5.41, 5.74) is 1.28. The summed E-state index contributed by atoms with van der Waals surface area (Å²) in [5, 5.41) is 0. The quantitative estimate of drug-likeness (QED) is 0.760. The fourth-order valence-corrected chi connectivity index (χ4v) is 5.20. The molecule has 2 saturated heterocycles. The molecule has 2 atom stereocenters. The number of halogens is 1. The molecule has 0 aliphatic carbocycles. The van der Waals surface area contributed by atoms with Crippen molar-refractivity contribution in [2.75, 3.05) is 6.54 Å². The number of aromatic nitrogens is 2. The van der Waals surface area contributed by atoms with Gasteiger partial charge in [-0.3, -0.25) is 19.6 Å². The lowest BCUT2D eigenvalue weighted by Gasteiger charge is -2.52. The number of amides is 2. The maximum atomic E-state index is 13.2. The third-order valence-corrected chi connectivity index (χ3v) is 6.53. The van der Waals surface area contributed by atoms with E-state index in [-0.39, 0.29) is 29.8 Å². The predicted molar refractivity (Wildman–Crippen MR) is 110 cm³/mol. The number of nitrogens with zero attached hydrogens (tertiary/aromatic N) is 4. The van der Waals surface area contributed by atoms with E-state index in [4.69, 9.17) is 0 Å². The van der Waals surface area contributed by atoms with Gasteiger partial charge in [-0.2, -0.15) is 0 Å². The minimum absolute atomic E-state index is 0.0109. The first-order valence-corrected chi connectivity index (χ1v) is 10.6. The van der Waals surface area contributed by atoms with Gasteiger partial charge in [0.2, 0.25) is 11.8 Å². The second kappa shape index (κ2) is 8.50. The van der Waals surface area contributed by atoms with Crippen LogP contribution in [0.1, 0.15) is 50.3 Å². The van der Waals surface area contributed by atoms with Gasteiger partial charge in [-0.05, 0) is 55.5 Å². The Hall–Kier alpha value is -2.83. The van der Waals surface area contributed by atoms with Crippen LogP contribution in [0.25, 0.3) is 0 Å². The number of rotatable bonds is 5. The van der Waals surface area contributed by atoms with E-state index >= 15 is 0 Å². The molecule has 0 N–H and O–H groups in total. The first-order valence-electron chi connectivity index (χ1n) is 10.6. The first kappa shape index (κ1) is 20.4. The van der Waals surface area contributed by atoms with Crippen molar-refractivity contribution in [1.82, 2.24) is 19.8 Å². The third-order valence-electron chi connectivity index (χ3n) is 6.53. The fourth-order valence-electron chi connectivity index (χ4n) is 5.20. The topological polar surface area (TPSA) is 66.4 Å². The van der Waals surface area contributed by atoms with E-state index in [1.807, 2.05) is 21.9 Å². The van der Waals surface area contributed by atoms with Crippen LogP contribution in [0.4, 0.5) is 4.39 Å².